The molecule has 2 aromatic heterocycles. The predicted octanol–water partition coefficient (Wildman–Crippen LogP) is 4.45. The largest absolute Gasteiger partial charge is 0.340 e. The zero-order valence-corrected chi connectivity index (χ0v) is 13.2. The summed E-state index contributed by atoms with van der Waals surface area (Å²) in [5.74, 6) is 0. The number of hydrogen-bond donors (Lipinski definition) is 1. The Morgan fingerprint density at radius 2 is 2.19 bits per heavy atom. The van der Waals surface area contributed by atoms with Crippen LogP contribution >= 0.6 is 35.0 Å². The van der Waals surface area contributed by atoms with E-state index in [0.717, 1.165) is 17.3 Å². The van der Waals surface area contributed by atoms with E-state index in [1.54, 1.807) is 42.7 Å². The second-order valence-corrected chi connectivity index (χ2v) is 6.46. The number of thioether (sulfide) groups is 1. The van der Waals surface area contributed by atoms with Crippen LogP contribution in [-0.4, -0.2) is 19.5 Å². The monoisotopic (exact) mass is 338 g/mol. The first-order chi connectivity index (χ1) is 10.2. The molecule has 0 saturated carbocycles. The number of H-pyrrole nitrogens is 1. The molecule has 4 nitrogen and oxygen atoms in total. The minimum absolute atomic E-state index is 0.107. The molecule has 0 radical (unpaired) electrons. The van der Waals surface area contributed by atoms with Gasteiger partial charge in [-0.1, -0.05) is 41.0 Å². The van der Waals surface area contributed by atoms with Gasteiger partial charge in [0.15, 0.2) is 5.16 Å². The number of aromatic amines is 1. The lowest BCUT2D eigenvalue weighted by Gasteiger charge is -2.18. The van der Waals surface area contributed by atoms with Crippen molar-refractivity contribution in [3.63, 3.8) is 0 Å². The Labute approximate surface area is 136 Å². The number of aromatic nitrogens is 4. The van der Waals surface area contributed by atoms with Crippen LogP contribution in [0.1, 0.15) is 10.8 Å². The Morgan fingerprint density at radius 1 is 1.29 bits per heavy atom. The van der Waals surface area contributed by atoms with Gasteiger partial charge in [-0.3, -0.25) is 0 Å². The summed E-state index contributed by atoms with van der Waals surface area (Å²) >= 11 is 14.0. The zero-order chi connectivity index (χ0) is 14.7. The molecule has 0 aliphatic heterocycles. The maximum absolute atomic E-state index is 6.35. The van der Waals surface area contributed by atoms with Gasteiger partial charge in [-0.2, -0.15) is 0 Å². The molecule has 21 heavy (non-hydrogen) atoms. The average molecular weight is 339 g/mol. The number of rotatable bonds is 5. The fourth-order valence-electron chi connectivity index (χ4n) is 2.00. The molecule has 1 N–H and O–H groups in total. The molecule has 0 unspecified atom stereocenters. The van der Waals surface area contributed by atoms with E-state index in [-0.39, 0.29) is 5.25 Å². The molecule has 0 saturated heterocycles. The van der Waals surface area contributed by atoms with Gasteiger partial charge in [0.05, 0.1) is 11.6 Å². The van der Waals surface area contributed by atoms with Gasteiger partial charge in [-0.05, 0) is 17.7 Å². The molecule has 3 rings (SSSR count). The van der Waals surface area contributed by atoms with Crippen molar-refractivity contribution in [1.82, 2.24) is 19.5 Å². The van der Waals surface area contributed by atoms with Crippen LogP contribution in [-0.2, 0) is 6.54 Å². The first kappa shape index (κ1) is 14.5. The van der Waals surface area contributed by atoms with E-state index in [4.69, 9.17) is 23.2 Å². The topological polar surface area (TPSA) is 46.5 Å². The molecule has 0 aliphatic rings. The molecule has 1 atom stereocenters. The molecule has 3 aromatic rings. The number of hydrogen-bond acceptors (Lipinski definition) is 3. The number of benzene rings is 1. The zero-order valence-electron chi connectivity index (χ0n) is 10.9. The summed E-state index contributed by atoms with van der Waals surface area (Å²) in [6.07, 6.45) is 9.03. The first-order valence-electron chi connectivity index (χ1n) is 6.29. The fourth-order valence-corrected chi connectivity index (χ4v) is 3.71. The van der Waals surface area contributed by atoms with Crippen LogP contribution < -0.4 is 0 Å². The van der Waals surface area contributed by atoms with E-state index in [0.29, 0.717) is 10.0 Å². The highest BCUT2D eigenvalue weighted by Crippen LogP contribution is 2.38. The highest BCUT2D eigenvalue weighted by Gasteiger charge is 2.18. The van der Waals surface area contributed by atoms with E-state index in [9.17, 15) is 0 Å². The summed E-state index contributed by atoms with van der Waals surface area (Å²) in [4.78, 5) is 11.5. The molecule has 0 fully saturated rings. The highest BCUT2D eigenvalue weighted by molar-refractivity contribution is 7.99. The third-order valence-corrected chi connectivity index (χ3v) is 4.67. The van der Waals surface area contributed by atoms with E-state index < -0.39 is 0 Å². The summed E-state index contributed by atoms with van der Waals surface area (Å²) in [5.41, 5.74) is 1.02. The van der Waals surface area contributed by atoms with Crippen molar-refractivity contribution in [2.75, 3.05) is 0 Å². The third kappa shape index (κ3) is 3.61. The lowest BCUT2D eigenvalue weighted by atomic mass is 10.1. The Balaban J connectivity index is 1.90. The molecule has 2 heterocycles. The van der Waals surface area contributed by atoms with Crippen molar-refractivity contribution in [1.29, 1.82) is 0 Å². The molecule has 108 valence electrons. The minimum atomic E-state index is 0.107. The van der Waals surface area contributed by atoms with Gasteiger partial charge in [0.25, 0.3) is 0 Å². The molecule has 0 amide bonds. The van der Waals surface area contributed by atoms with E-state index in [1.165, 1.54) is 0 Å². The summed E-state index contributed by atoms with van der Waals surface area (Å²) in [5, 5.41) is 2.25. The minimum Gasteiger partial charge on any atom is -0.340 e. The number of nitrogens with zero attached hydrogens (tertiary/aromatic N) is 3. The summed E-state index contributed by atoms with van der Waals surface area (Å²) < 4.78 is 2.02. The van der Waals surface area contributed by atoms with E-state index in [2.05, 4.69) is 15.0 Å². The van der Waals surface area contributed by atoms with E-state index >= 15 is 0 Å². The van der Waals surface area contributed by atoms with Gasteiger partial charge in [0.2, 0.25) is 0 Å². The maximum atomic E-state index is 6.35. The second-order valence-electron chi connectivity index (χ2n) is 4.43. The van der Waals surface area contributed by atoms with Crippen LogP contribution in [0.2, 0.25) is 10.0 Å². The van der Waals surface area contributed by atoms with Crippen molar-refractivity contribution in [2.45, 2.75) is 17.0 Å². The third-order valence-electron chi connectivity index (χ3n) is 2.97. The van der Waals surface area contributed by atoms with Gasteiger partial charge in [-0.25, -0.2) is 9.97 Å². The van der Waals surface area contributed by atoms with Gasteiger partial charge >= 0.3 is 0 Å². The molecule has 1 aromatic carbocycles. The first-order valence-corrected chi connectivity index (χ1v) is 7.92. The van der Waals surface area contributed by atoms with Crippen molar-refractivity contribution < 1.29 is 0 Å². The molecule has 0 bridgehead atoms. The molecule has 7 heteroatoms. The quantitative estimate of drug-likeness (QED) is 0.699. The fraction of sp³-hybridized carbons (Fsp3) is 0.143. The molecule has 0 aliphatic carbocycles. The Bertz CT molecular complexity index is 662. The van der Waals surface area contributed by atoms with E-state index in [1.807, 2.05) is 22.9 Å². The summed E-state index contributed by atoms with van der Waals surface area (Å²) in [6, 6.07) is 5.58. The van der Waals surface area contributed by atoms with Crippen molar-refractivity contribution >= 4 is 35.0 Å². The molecular weight excluding hydrogens is 327 g/mol. The predicted molar refractivity (Wildman–Crippen MR) is 85.9 cm³/mol. The maximum Gasteiger partial charge on any atom is 0.165 e. The van der Waals surface area contributed by atoms with Gasteiger partial charge in [-0.15, -0.1) is 0 Å². The SMILES string of the molecule is Clc1ccc([C@@H](Cn2ccnc2)Sc2ncc[nH]2)c(Cl)c1. The van der Waals surface area contributed by atoms with Gasteiger partial charge < -0.3 is 9.55 Å². The van der Waals surface area contributed by atoms with Gasteiger partial charge in [0, 0.05) is 41.4 Å². The number of nitrogens with one attached hydrogen (secondary N) is 1. The van der Waals surface area contributed by atoms with Crippen molar-refractivity contribution in [2.24, 2.45) is 0 Å². The van der Waals surface area contributed by atoms with Crippen LogP contribution in [0.3, 0.4) is 0 Å². The lowest BCUT2D eigenvalue weighted by molar-refractivity contribution is 0.682. The van der Waals surface area contributed by atoms with Crippen molar-refractivity contribution in [3.05, 3.63) is 64.9 Å². The smallest absolute Gasteiger partial charge is 0.165 e. The van der Waals surface area contributed by atoms with Gasteiger partial charge in [0.1, 0.15) is 0 Å². The van der Waals surface area contributed by atoms with Crippen LogP contribution in [0.15, 0.2) is 54.5 Å². The molecule has 0 spiro atoms. The standard InChI is InChI=1S/C14H12Cl2N4S/c15-10-1-2-11(12(16)7-10)13(8-20-6-5-17-9-20)21-14-18-3-4-19-14/h1-7,9,13H,8H2,(H,18,19)/t13-/m1/s1. The van der Waals surface area contributed by atoms with Crippen LogP contribution in [0.25, 0.3) is 0 Å². The Hall–Kier alpha value is -1.43. The Morgan fingerprint density at radius 3 is 2.86 bits per heavy atom. The highest BCUT2D eigenvalue weighted by atomic mass is 35.5. The average Bonchev–Trinajstić information content (AvgIpc) is 3.11. The summed E-state index contributed by atoms with van der Waals surface area (Å²) in [6.45, 7) is 0.743. The summed E-state index contributed by atoms with van der Waals surface area (Å²) in [7, 11) is 0. The number of imidazole rings is 2. The van der Waals surface area contributed by atoms with Crippen LogP contribution in [0, 0.1) is 0 Å². The van der Waals surface area contributed by atoms with Crippen LogP contribution in [0.4, 0.5) is 0 Å². The normalized spacial score (nSPS) is 12.5. The second kappa shape index (κ2) is 6.56. The van der Waals surface area contributed by atoms with Crippen molar-refractivity contribution in [3.8, 4) is 0 Å². The number of halogens is 2. The molecular formula is C14H12Cl2N4S. The Kier molecular flexibility index (Phi) is 4.53. The lowest BCUT2D eigenvalue weighted by Crippen LogP contribution is -2.06. The van der Waals surface area contributed by atoms with Crippen LogP contribution in [0.5, 0.6) is 0 Å².